The normalized spacial score (nSPS) is 10.4. The van der Waals surface area contributed by atoms with Crippen molar-refractivity contribution in [2.24, 2.45) is 0 Å². The minimum atomic E-state index is -0.993. The van der Waals surface area contributed by atoms with Crippen LogP contribution in [0.5, 0.6) is 0 Å². The second-order valence-corrected chi connectivity index (χ2v) is 4.31. The molecule has 2 aromatic rings. The highest BCUT2D eigenvalue weighted by molar-refractivity contribution is 6.33. The van der Waals surface area contributed by atoms with Crippen LogP contribution in [-0.4, -0.2) is 11.1 Å². The van der Waals surface area contributed by atoms with Crippen LogP contribution in [0.15, 0.2) is 36.4 Å². The molecule has 0 atom stereocenters. The van der Waals surface area contributed by atoms with Crippen LogP contribution in [0.25, 0.3) is 11.1 Å². The first-order chi connectivity index (χ1) is 8.50. The Morgan fingerprint density at radius 1 is 1.22 bits per heavy atom. The summed E-state index contributed by atoms with van der Waals surface area (Å²) < 4.78 is 13.0. The molecule has 0 radical (unpaired) electrons. The van der Waals surface area contributed by atoms with Gasteiger partial charge in [0.05, 0.1) is 10.6 Å². The first kappa shape index (κ1) is 12.6. The van der Waals surface area contributed by atoms with Crippen molar-refractivity contribution in [1.29, 1.82) is 0 Å². The average molecular weight is 265 g/mol. The molecule has 2 nitrogen and oxygen atoms in total. The molecule has 0 bridgehead atoms. The van der Waals surface area contributed by atoms with Gasteiger partial charge in [0.15, 0.2) is 0 Å². The molecule has 0 saturated heterocycles. The number of carboxylic acid groups (broad SMARTS) is 1. The maximum absolute atomic E-state index is 13.0. The van der Waals surface area contributed by atoms with Gasteiger partial charge >= 0.3 is 5.97 Å². The lowest BCUT2D eigenvalue weighted by atomic mass is 9.96. The van der Waals surface area contributed by atoms with Crippen LogP contribution in [-0.2, 0) is 0 Å². The summed E-state index contributed by atoms with van der Waals surface area (Å²) in [6.07, 6.45) is 0. The third-order valence-corrected chi connectivity index (χ3v) is 3.10. The Kier molecular flexibility index (Phi) is 3.34. The second-order valence-electron chi connectivity index (χ2n) is 3.91. The summed E-state index contributed by atoms with van der Waals surface area (Å²) in [6, 6.07) is 8.99. The van der Waals surface area contributed by atoms with E-state index in [1.54, 1.807) is 25.1 Å². The maximum atomic E-state index is 13.0. The van der Waals surface area contributed by atoms with Crippen molar-refractivity contribution in [3.8, 4) is 11.1 Å². The molecule has 92 valence electrons. The molecule has 18 heavy (non-hydrogen) atoms. The largest absolute Gasteiger partial charge is 0.478 e. The Balaban J connectivity index is 2.64. The van der Waals surface area contributed by atoms with E-state index in [-0.39, 0.29) is 10.6 Å². The van der Waals surface area contributed by atoms with Crippen molar-refractivity contribution < 1.29 is 14.3 Å². The molecule has 0 aliphatic heterocycles. The molecule has 0 amide bonds. The molecule has 0 unspecified atom stereocenters. The quantitative estimate of drug-likeness (QED) is 0.885. The maximum Gasteiger partial charge on any atom is 0.335 e. The number of hydrogen-bond donors (Lipinski definition) is 1. The number of hydrogen-bond acceptors (Lipinski definition) is 1. The van der Waals surface area contributed by atoms with Crippen LogP contribution in [0.1, 0.15) is 15.9 Å². The van der Waals surface area contributed by atoms with E-state index in [9.17, 15) is 9.18 Å². The molecule has 0 heterocycles. The molecule has 0 fully saturated rings. The van der Waals surface area contributed by atoms with Gasteiger partial charge in [-0.15, -0.1) is 0 Å². The Morgan fingerprint density at radius 2 is 1.94 bits per heavy atom. The van der Waals surface area contributed by atoms with Crippen LogP contribution in [0.4, 0.5) is 4.39 Å². The smallest absolute Gasteiger partial charge is 0.335 e. The zero-order valence-corrected chi connectivity index (χ0v) is 10.3. The molecule has 1 N–H and O–H groups in total. The van der Waals surface area contributed by atoms with E-state index in [0.717, 1.165) is 0 Å². The highest BCUT2D eigenvalue weighted by atomic mass is 35.5. The fourth-order valence-electron chi connectivity index (χ4n) is 1.87. The van der Waals surface area contributed by atoms with E-state index < -0.39 is 11.8 Å². The third kappa shape index (κ3) is 2.22. The second kappa shape index (κ2) is 4.78. The topological polar surface area (TPSA) is 37.3 Å². The molecule has 0 aliphatic carbocycles. The highest BCUT2D eigenvalue weighted by Gasteiger charge is 2.13. The molecule has 0 spiro atoms. The Bertz CT molecular complexity index is 623. The minimum Gasteiger partial charge on any atom is -0.478 e. The van der Waals surface area contributed by atoms with E-state index in [0.29, 0.717) is 16.7 Å². The van der Waals surface area contributed by atoms with Gasteiger partial charge in [0.2, 0.25) is 0 Å². The summed E-state index contributed by atoms with van der Waals surface area (Å²) in [6.45, 7) is 1.71. The number of carboxylic acids is 1. The fourth-order valence-corrected chi connectivity index (χ4v) is 2.14. The Morgan fingerprint density at radius 3 is 2.56 bits per heavy atom. The summed E-state index contributed by atoms with van der Waals surface area (Å²) in [4.78, 5) is 11.1. The van der Waals surface area contributed by atoms with E-state index in [4.69, 9.17) is 16.7 Å². The van der Waals surface area contributed by atoms with Gasteiger partial charge in [0.1, 0.15) is 5.82 Å². The lowest BCUT2D eigenvalue weighted by Crippen LogP contribution is -2.00. The first-order valence-corrected chi connectivity index (χ1v) is 5.67. The van der Waals surface area contributed by atoms with Crippen molar-refractivity contribution >= 4 is 17.6 Å². The van der Waals surface area contributed by atoms with E-state index in [2.05, 4.69) is 0 Å². The van der Waals surface area contributed by atoms with Crippen molar-refractivity contribution in [2.45, 2.75) is 6.92 Å². The van der Waals surface area contributed by atoms with Gasteiger partial charge in [-0.05, 0) is 42.3 Å². The van der Waals surface area contributed by atoms with Gasteiger partial charge in [-0.1, -0.05) is 23.7 Å². The van der Waals surface area contributed by atoms with Gasteiger partial charge in [-0.3, -0.25) is 0 Å². The minimum absolute atomic E-state index is 0.216. The average Bonchev–Trinajstić information content (AvgIpc) is 2.30. The van der Waals surface area contributed by atoms with E-state index >= 15 is 0 Å². The van der Waals surface area contributed by atoms with Crippen molar-refractivity contribution in [2.75, 3.05) is 0 Å². The van der Waals surface area contributed by atoms with Crippen LogP contribution >= 0.6 is 11.6 Å². The van der Waals surface area contributed by atoms with Gasteiger partial charge in [-0.25, -0.2) is 9.18 Å². The molecule has 4 heteroatoms. The van der Waals surface area contributed by atoms with Crippen LogP contribution in [0.3, 0.4) is 0 Å². The lowest BCUT2D eigenvalue weighted by molar-refractivity contribution is 0.0696. The summed E-state index contributed by atoms with van der Waals surface area (Å²) in [5, 5.41) is 9.32. The number of benzene rings is 2. The predicted molar refractivity (Wildman–Crippen MR) is 68.5 cm³/mol. The van der Waals surface area contributed by atoms with Gasteiger partial charge in [0.25, 0.3) is 0 Å². The van der Waals surface area contributed by atoms with Crippen LogP contribution in [0.2, 0.25) is 5.02 Å². The summed E-state index contributed by atoms with van der Waals surface area (Å²) in [7, 11) is 0. The predicted octanol–water partition coefficient (Wildman–Crippen LogP) is 4.15. The fraction of sp³-hybridized carbons (Fsp3) is 0.0714. The number of carbonyl (C=O) groups is 1. The number of halogens is 2. The van der Waals surface area contributed by atoms with Crippen molar-refractivity contribution in [3.63, 3.8) is 0 Å². The summed E-state index contributed by atoms with van der Waals surface area (Å²) in [5.41, 5.74) is 2.14. The van der Waals surface area contributed by atoms with E-state index in [1.807, 2.05) is 0 Å². The molecule has 0 aromatic heterocycles. The van der Waals surface area contributed by atoms with Gasteiger partial charge < -0.3 is 5.11 Å². The van der Waals surface area contributed by atoms with Crippen molar-refractivity contribution in [1.82, 2.24) is 0 Å². The zero-order chi connectivity index (χ0) is 13.3. The molecule has 2 aromatic carbocycles. The molecular weight excluding hydrogens is 255 g/mol. The monoisotopic (exact) mass is 264 g/mol. The molecule has 0 saturated carbocycles. The standard InChI is InChI=1S/C14H10ClFO2/c1-8-10(3-2-4-11(8)14(17)18)12-6-5-9(16)7-13(12)15/h2-7H,1H3,(H,17,18). The zero-order valence-electron chi connectivity index (χ0n) is 9.58. The lowest BCUT2D eigenvalue weighted by Gasteiger charge is -2.10. The van der Waals surface area contributed by atoms with Crippen LogP contribution < -0.4 is 0 Å². The third-order valence-electron chi connectivity index (χ3n) is 2.79. The van der Waals surface area contributed by atoms with Crippen LogP contribution in [0, 0.1) is 12.7 Å². The molecule has 0 aliphatic rings. The highest BCUT2D eigenvalue weighted by Crippen LogP contribution is 2.32. The Hall–Kier alpha value is -1.87. The SMILES string of the molecule is Cc1c(C(=O)O)cccc1-c1ccc(F)cc1Cl. The molecular formula is C14H10ClFO2. The van der Waals surface area contributed by atoms with Gasteiger partial charge in [0, 0.05) is 5.56 Å². The summed E-state index contributed by atoms with van der Waals surface area (Å²) >= 11 is 5.98. The first-order valence-electron chi connectivity index (χ1n) is 5.29. The van der Waals surface area contributed by atoms with Gasteiger partial charge in [-0.2, -0.15) is 0 Å². The summed E-state index contributed by atoms with van der Waals surface area (Å²) in [5.74, 6) is -1.41. The Labute approximate surface area is 109 Å². The van der Waals surface area contributed by atoms with E-state index in [1.165, 1.54) is 18.2 Å². The number of aromatic carboxylic acids is 1. The number of rotatable bonds is 2. The van der Waals surface area contributed by atoms with Crippen molar-refractivity contribution in [3.05, 3.63) is 58.4 Å². The molecule has 2 rings (SSSR count).